The summed E-state index contributed by atoms with van der Waals surface area (Å²) in [4.78, 5) is 36.4. The van der Waals surface area contributed by atoms with E-state index in [1.165, 1.54) is 30.3 Å². The van der Waals surface area contributed by atoms with Crippen LogP contribution in [0, 0.1) is 10.1 Å². The summed E-state index contributed by atoms with van der Waals surface area (Å²) in [5, 5.41) is 18.4. The van der Waals surface area contributed by atoms with Crippen LogP contribution in [0.15, 0.2) is 47.6 Å². The standard InChI is InChI=1S/C18H14Cl2N6O5S/c19-11-6-5-8(7-12(11)20)22-16(27)13(24-25-18(32)23-21)14(26(29)30)15-9-3-1-2-4-10(9)17(28)31-15/h1-7,14-15H,21H2,(H,22,27)(H2,23,25,32)/b24-13-/t14-,15+/m1/s1. The average molecular weight is 497 g/mol. The highest BCUT2D eigenvalue weighted by atomic mass is 35.5. The molecule has 1 aliphatic heterocycles. The van der Waals surface area contributed by atoms with Crippen molar-refractivity contribution in [3.05, 3.63) is 73.8 Å². The van der Waals surface area contributed by atoms with Gasteiger partial charge in [-0.25, -0.2) is 10.6 Å². The summed E-state index contributed by atoms with van der Waals surface area (Å²) in [7, 11) is 0. The van der Waals surface area contributed by atoms with Crippen molar-refractivity contribution >= 4 is 63.8 Å². The van der Waals surface area contributed by atoms with Crippen LogP contribution in [0.5, 0.6) is 0 Å². The summed E-state index contributed by atoms with van der Waals surface area (Å²) in [6, 6.07) is 8.48. The lowest BCUT2D eigenvalue weighted by Gasteiger charge is -2.18. The third-order valence-electron chi connectivity index (χ3n) is 4.33. The number of cyclic esters (lactones) is 1. The summed E-state index contributed by atoms with van der Waals surface area (Å²) in [6.45, 7) is 0. The van der Waals surface area contributed by atoms with E-state index in [9.17, 15) is 19.7 Å². The van der Waals surface area contributed by atoms with E-state index in [1.54, 1.807) is 12.1 Å². The molecule has 5 N–H and O–H groups in total. The van der Waals surface area contributed by atoms with Gasteiger partial charge in [-0.1, -0.05) is 41.4 Å². The van der Waals surface area contributed by atoms with Gasteiger partial charge in [-0.05, 0) is 36.5 Å². The Morgan fingerprint density at radius 2 is 1.97 bits per heavy atom. The summed E-state index contributed by atoms with van der Waals surface area (Å²) >= 11 is 16.6. The van der Waals surface area contributed by atoms with Gasteiger partial charge in [0.25, 0.3) is 5.91 Å². The van der Waals surface area contributed by atoms with E-state index in [4.69, 9.17) is 46.0 Å². The molecule has 3 rings (SSSR count). The lowest BCUT2D eigenvalue weighted by atomic mass is 9.96. The molecule has 0 radical (unpaired) electrons. The molecule has 32 heavy (non-hydrogen) atoms. The number of hydrogen-bond donors (Lipinski definition) is 4. The zero-order valence-corrected chi connectivity index (χ0v) is 18.2. The van der Waals surface area contributed by atoms with Crippen LogP contribution in [0.1, 0.15) is 22.0 Å². The second-order valence-corrected chi connectivity index (χ2v) is 7.53. The predicted molar refractivity (Wildman–Crippen MR) is 121 cm³/mol. The maximum Gasteiger partial charge on any atom is 0.339 e. The second-order valence-electron chi connectivity index (χ2n) is 6.31. The number of nitrogens with one attached hydrogen (secondary N) is 3. The van der Waals surface area contributed by atoms with Crippen LogP contribution >= 0.6 is 35.4 Å². The highest BCUT2D eigenvalue weighted by Gasteiger charge is 2.48. The quantitative estimate of drug-likeness (QED) is 0.117. The largest absolute Gasteiger partial charge is 0.446 e. The fraction of sp³-hybridized carbons (Fsp3) is 0.111. The Balaban J connectivity index is 2.01. The van der Waals surface area contributed by atoms with Gasteiger partial charge in [-0.2, -0.15) is 5.10 Å². The average Bonchev–Trinajstić information content (AvgIpc) is 3.09. The fourth-order valence-corrected chi connectivity index (χ4v) is 3.27. The Labute approximate surface area is 196 Å². The molecule has 0 spiro atoms. The van der Waals surface area contributed by atoms with Crippen LogP contribution in [0.4, 0.5) is 5.69 Å². The molecule has 0 saturated heterocycles. The number of rotatable bonds is 6. The minimum absolute atomic E-state index is 0.152. The van der Waals surface area contributed by atoms with E-state index in [-0.39, 0.29) is 32.0 Å². The van der Waals surface area contributed by atoms with Gasteiger partial charge in [0, 0.05) is 16.2 Å². The zero-order chi connectivity index (χ0) is 23.4. The molecule has 0 saturated carbocycles. The van der Waals surface area contributed by atoms with Crippen LogP contribution in [0.2, 0.25) is 10.0 Å². The SMILES string of the molecule is NNC(=S)N/N=C(\C(=O)Nc1ccc(Cl)c(Cl)c1)[C@H]([C@H]1OC(=O)c2ccccc21)[N+](=O)[O-]. The van der Waals surface area contributed by atoms with Crippen molar-refractivity contribution in [3.63, 3.8) is 0 Å². The number of thiocarbonyl (C=S) groups is 1. The van der Waals surface area contributed by atoms with Crippen molar-refractivity contribution in [2.75, 3.05) is 5.32 Å². The molecule has 0 aliphatic carbocycles. The minimum Gasteiger partial charge on any atom is -0.446 e. The number of ether oxygens (including phenoxy) is 1. The summed E-state index contributed by atoms with van der Waals surface area (Å²) in [6.07, 6.45) is -1.41. The molecule has 0 bridgehead atoms. The van der Waals surface area contributed by atoms with E-state index in [2.05, 4.69) is 21.3 Å². The molecule has 1 heterocycles. The molecule has 2 atom stereocenters. The number of hydrazine groups is 1. The van der Waals surface area contributed by atoms with Gasteiger partial charge in [0.15, 0.2) is 0 Å². The summed E-state index contributed by atoms with van der Waals surface area (Å²) in [5.74, 6) is 3.44. The lowest BCUT2D eigenvalue weighted by Crippen LogP contribution is -2.45. The van der Waals surface area contributed by atoms with Crippen molar-refractivity contribution in [2.24, 2.45) is 10.9 Å². The Morgan fingerprint density at radius 3 is 2.62 bits per heavy atom. The molecule has 14 heteroatoms. The molecule has 1 amide bonds. The number of carbonyl (C=O) groups is 2. The van der Waals surface area contributed by atoms with Crippen LogP contribution in [0.3, 0.4) is 0 Å². The number of nitrogens with zero attached hydrogens (tertiary/aromatic N) is 2. The van der Waals surface area contributed by atoms with Crippen LogP contribution in [0.25, 0.3) is 0 Å². The van der Waals surface area contributed by atoms with Gasteiger partial charge in [-0.3, -0.25) is 25.8 Å². The number of nitrogens with two attached hydrogens (primary N) is 1. The smallest absolute Gasteiger partial charge is 0.339 e. The maximum atomic E-state index is 13.0. The number of fused-ring (bicyclic) bond motifs is 1. The van der Waals surface area contributed by atoms with Crippen molar-refractivity contribution in [1.29, 1.82) is 0 Å². The highest BCUT2D eigenvalue weighted by Crippen LogP contribution is 2.35. The number of amides is 1. The lowest BCUT2D eigenvalue weighted by molar-refractivity contribution is -0.514. The van der Waals surface area contributed by atoms with Gasteiger partial charge < -0.3 is 10.1 Å². The first-order chi connectivity index (χ1) is 15.2. The van der Waals surface area contributed by atoms with Crippen LogP contribution in [-0.4, -0.2) is 33.7 Å². The number of halogens is 2. The van der Waals surface area contributed by atoms with Crippen LogP contribution < -0.4 is 22.0 Å². The number of benzene rings is 2. The van der Waals surface area contributed by atoms with E-state index in [0.717, 1.165) is 0 Å². The molecular weight excluding hydrogens is 483 g/mol. The van der Waals surface area contributed by atoms with Crippen LogP contribution in [-0.2, 0) is 9.53 Å². The van der Waals surface area contributed by atoms with Gasteiger partial charge in [0.2, 0.25) is 16.9 Å². The van der Waals surface area contributed by atoms with E-state index in [0.29, 0.717) is 0 Å². The first kappa shape index (κ1) is 23.3. The summed E-state index contributed by atoms with van der Waals surface area (Å²) in [5.41, 5.74) is 4.28. The molecule has 2 aromatic rings. The Hall–Kier alpha value is -3.32. The van der Waals surface area contributed by atoms with Crippen molar-refractivity contribution < 1.29 is 19.2 Å². The van der Waals surface area contributed by atoms with Gasteiger partial charge >= 0.3 is 12.0 Å². The zero-order valence-electron chi connectivity index (χ0n) is 15.9. The van der Waals surface area contributed by atoms with Crippen molar-refractivity contribution in [1.82, 2.24) is 10.9 Å². The minimum atomic E-state index is -1.88. The van der Waals surface area contributed by atoms with Gasteiger partial charge in [0.1, 0.15) is 0 Å². The fourth-order valence-electron chi connectivity index (χ4n) is 2.93. The summed E-state index contributed by atoms with van der Waals surface area (Å²) < 4.78 is 5.22. The molecule has 0 fully saturated rings. The maximum absolute atomic E-state index is 13.0. The third kappa shape index (κ3) is 4.94. The monoisotopic (exact) mass is 496 g/mol. The van der Waals surface area contributed by atoms with E-state index < -0.39 is 34.7 Å². The second kappa shape index (κ2) is 9.87. The van der Waals surface area contributed by atoms with E-state index in [1.807, 2.05) is 0 Å². The molecular formula is C18H14Cl2N6O5S. The number of anilines is 1. The number of esters is 1. The number of hydrogen-bond acceptors (Lipinski definition) is 8. The van der Waals surface area contributed by atoms with Crippen molar-refractivity contribution in [2.45, 2.75) is 12.1 Å². The predicted octanol–water partition coefficient (Wildman–Crippen LogP) is 2.18. The molecule has 0 aromatic heterocycles. The topological polar surface area (TPSA) is 161 Å². The molecule has 11 nitrogen and oxygen atoms in total. The first-order valence-electron chi connectivity index (χ1n) is 8.77. The molecule has 1 aliphatic rings. The number of nitro groups is 1. The number of carbonyl (C=O) groups excluding carboxylic acids is 2. The number of hydrazone groups is 1. The van der Waals surface area contributed by atoms with Crippen molar-refractivity contribution in [3.8, 4) is 0 Å². The molecule has 0 unspecified atom stereocenters. The van der Waals surface area contributed by atoms with Gasteiger partial charge in [-0.15, -0.1) is 0 Å². The first-order valence-corrected chi connectivity index (χ1v) is 9.93. The third-order valence-corrected chi connectivity index (χ3v) is 5.28. The molecule has 2 aromatic carbocycles. The normalized spacial score (nSPS) is 15.9. The highest BCUT2D eigenvalue weighted by molar-refractivity contribution is 7.80. The van der Waals surface area contributed by atoms with E-state index >= 15 is 0 Å². The molecule has 166 valence electrons. The van der Waals surface area contributed by atoms with Gasteiger partial charge in [0.05, 0.1) is 15.6 Å². The Morgan fingerprint density at radius 1 is 1.25 bits per heavy atom. The Bertz CT molecular complexity index is 1140. The Kier molecular flexibility index (Phi) is 7.20.